The van der Waals surface area contributed by atoms with E-state index in [0.717, 1.165) is 30.5 Å². The minimum Gasteiger partial charge on any atom is -0.381 e. The highest BCUT2D eigenvalue weighted by molar-refractivity contribution is 7.89. The molecule has 0 radical (unpaired) electrons. The average Bonchev–Trinajstić information content (AvgIpc) is 2.63. The minimum atomic E-state index is -3.87. The van der Waals surface area contributed by atoms with E-state index in [0.29, 0.717) is 13.2 Å². The summed E-state index contributed by atoms with van der Waals surface area (Å²) in [6.45, 7) is 1.18. The summed E-state index contributed by atoms with van der Waals surface area (Å²) in [5, 5.41) is -0.230. The van der Waals surface area contributed by atoms with Crippen LogP contribution in [-0.4, -0.2) is 26.6 Å². The Morgan fingerprint density at radius 1 is 1.28 bits per heavy atom. The topological polar surface area (TPSA) is 68.3 Å². The van der Waals surface area contributed by atoms with E-state index in [9.17, 15) is 12.8 Å². The van der Waals surface area contributed by atoms with Crippen molar-refractivity contribution in [2.45, 2.75) is 23.8 Å². The highest BCUT2D eigenvalue weighted by atomic mass is 35.5. The molecule has 0 saturated carbocycles. The molecule has 1 fully saturated rings. The third kappa shape index (κ3) is 4.36. The first kappa shape index (κ1) is 18.3. The molecule has 0 aliphatic carbocycles. The predicted molar refractivity (Wildman–Crippen MR) is 92.3 cm³/mol. The molecule has 1 aromatic carbocycles. The maximum Gasteiger partial charge on any atom is 0.241 e. The van der Waals surface area contributed by atoms with Gasteiger partial charge in [0.2, 0.25) is 10.0 Å². The highest BCUT2D eigenvalue weighted by Gasteiger charge is 2.30. The SMILES string of the molecule is O=S(=O)(NC(c1cccnc1)C1CCOCC1)c1ccc(F)c(Cl)c1. The third-order valence-electron chi connectivity index (χ3n) is 4.26. The van der Waals surface area contributed by atoms with Crippen LogP contribution in [0.25, 0.3) is 0 Å². The van der Waals surface area contributed by atoms with Crippen LogP contribution >= 0.6 is 11.6 Å². The summed E-state index contributed by atoms with van der Waals surface area (Å²) in [5.74, 6) is -0.572. The molecule has 1 saturated heterocycles. The normalized spacial score (nSPS) is 17.4. The third-order valence-corrected chi connectivity index (χ3v) is 5.99. The first-order valence-electron chi connectivity index (χ1n) is 7.92. The Balaban J connectivity index is 1.92. The number of hydrogen-bond acceptors (Lipinski definition) is 4. The van der Waals surface area contributed by atoms with E-state index in [1.54, 1.807) is 18.5 Å². The minimum absolute atomic E-state index is 0.0696. The zero-order valence-corrected chi connectivity index (χ0v) is 14.9. The van der Waals surface area contributed by atoms with Crippen LogP contribution in [0, 0.1) is 11.7 Å². The second-order valence-corrected chi connectivity index (χ2v) is 8.03. The zero-order valence-electron chi connectivity index (χ0n) is 13.4. The monoisotopic (exact) mass is 384 g/mol. The van der Waals surface area contributed by atoms with Crippen LogP contribution < -0.4 is 4.72 Å². The molecule has 8 heteroatoms. The lowest BCUT2D eigenvalue weighted by atomic mass is 9.88. The van der Waals surface area contributed by atoms with Gasteiger partial charge in [-0.25, -0.2) is 17.5 Å². The van der Waals surface area contributed by atoms with Gasteiger partial charge in [0.1, 0.15) is 5.82 Å². The molecule has 1 aliphatic rings. The Morgan fingerprint density at radius 3 is 2.68 bits per heavy atom. The summed E-state index contributed by atoms with van der Waals surface area (Å²) < 4.78 is 47.0. The van der Waals surface area contributed by atoms with E-state index >= 15 is 0 Å². The molecule has 0 amide bonds. The van der Waals surface area contributed by atoms with E-state index in [1.807, 2.05) is 6.07 Å². The van der Waals surface area contributed by atoms with Crippen LogP contribution in [0.1, 0.15) is 24.4 Å². The summed E-state index contributed by atoms with van der Waals surface area (Å²) >= 11 is 5.73. The number of halogens is 2. The molecule has 0 spiro atoms. The molecule has 1 N–H and O–H groups in total. The number of nitrogens with zero attached hydrogens (tertiary/aromatic N) is 1. The van der Waals surface area contributed by atoms with Gasteiger partial charge < -0.3 is 4.74 Å². The number of sulfonamides is 1. The predicted octanol–water partition coefficient (Wildman–Crippen LogP) is 3.32. The number of aromatic nitrogens is 1. The fourth-order valence-electron chi connectivity index (χ4n) is 2.92. The highest BCUT2D eigenvalue weighted by Crippen LogP contribution is 2.31. The van der Waals surface area contributed by atoms with E-state index in [1.165, 1.54) is 6.07 Å². The van der Waals surface area contributed by atoms with E-state index < -0.39 is 21.9 Å². The summed E-state index contributed by atoms with van der Waals surface area (Å²) in [5.41, 5.74) is 0.784. The second-order valence-electron chi connectivity index (χ2n) is 5.91. The van der Waals surface area contributed by atoms with Crippen molar-refractivity contribution < 1.29 is 17.5 Å². The summed E-state index contributed by atoms with van der Waals surface area (Å²) in [6.07, 6.45) is 4.78. The molecule has 2 aromatic rings. The number of ether oxygens (including phenoxy) is 1. The molecule has 0 bridgehead atoms. The maximum absolute atomic E-state index is 13.3. The van der Waals surface area contributed by atoms with Gasteiger partial charge in [-0.05, 0) is 48.6 Å². The van der Waals surface area contributed by atoms with Crippen molar-refractivity contribution in [1.29, 1.82) is 0 Å². The lowest BCUT2D eigenvalue weighted by Gasteiger charge is -2.31. The average molecular weight is 385 g/mol. The molecule has 134 valence electrons. The molecular formula is C17H18ClFN2O3S. The first-order valence-corrected chi connectivity index (χ1v) is 9.78. The van der Waals surface area contributed by atoms with Gasteiger partial charge in [-0.15, -0.1) is 0 Å². The number of nitrogens with one attached hydrogen (secondary N) is 1. The van der Waals surface area contributed by atoms with E-state index in [-0.39, 0.29) is 15.8 Å². The molecule has 25 heavy (non-hydrogen) atoms. The number of pyridine rings is 1. The van der Waals surface area contributed by atoms with Gasteiger partial charge in [-0.2, -0.15) is 0 Å². The van der Waals surface area contributed by atoms with Crippen molar-refractivity contribution in [1.82, 2.24) is 9.71 Å². The fraction of sp³-hybridized carbons (Fsp3) is 0.353. The van der Waals surface area contributed by atoms with Crippen molar-refractivity contribution in [3.8, 4) is 0 Å². The fourth-order valence-corrected chi connectivity index (χ4v) is 4.49. The van der Waals surface area contributed by atoms with Gasteiger partial charge in [-0.3, -0.25) is 4.98 Å². The molecule has 1 atom stereocenters. The van der Waals surface area contributed by atoms with Crippen LogP contribution in [0.3, 0.4) is 0 Å². The summed E-state index contributed by atoms with van der Waals surface area (Å²) in [6, 6.07) is 6.53. The van der Waals surface area contributed by atoms with Crippen molar-refractivity contribution in [3.63, 3.8) is 0 Å². The van der Waals surface area contributed by atoms with Crippen molar-refractivity contribution in [2.75, 3.05) is 13.2 Å². The van der Waals surface area contributed by atoms with Crippen LogP contribution in [0.2, 0.25) is 5.02 Å². The van der Waals surface area contributed by atoms with E-state index in [4.69, 9.17) is 16.3 Å². The van der Waals surface area contributed by atoms with Crippen LogP contribution in [-0.2, 0) is 14.8 Å². The Labute approximate surface area is 151 Å². The summed E-state index contributed by atoms with van der Waals surface area (Å²) in [4.78, 5) is 4.02. The molecule has 1 aliphatic heterocycles. The number of benzene rings is 1. The summed E-state index contributed by atoms with van der Waals surface area (Å²) in [7, 11) is -3.87. The largest absolute Gasteiger partial charge is 0.381 e. The maximum atomic E-state index is 13.3. The Morgan fingerprint density at radius 2 is 2.04 bits per heavy atom. The van der Waals surface area contributed by atoms with Gasteiger partial charge in [0.05, 0.1) is 16.0 Å². The molecule has 2 heterocycles. The van der Waals surface area contributed by atoms with Gasteiger partial charge >= 0.3 is 0 Å². The number of hydrogen-bond donors (Lipinski definition) is 1. The Bertz CT molecular complexity index is 827. The number of rotatable bonds is 5. The molecule has 1 aromatic heterocycles. The van der Waals surface area contributed by atoms with Crippen LogP contribution in [0.15, 0.2) is 47.6 Å². The van der Waals surface area contributed by atoms with Crippen LogP contribution in [0.5, 0.6) is 0 Å². The van der Waals surface area contributed by atoms with Crippen molar-refractivity contribution in [2.24, 2.45) is 5.92 Å². The van der Waals surface area contributed by atoms with Crippen LogP contribution in [0.4, 0.5) is 4.39 Å². The van der Waals surface area contributed by atoms with Gasteiger partial charge in [-0.1, -0.05) is 17.7 Å². The Kier molecular flexibility index (Phi) is 5.68. The molecule has 5 nitrogen and oxygen atoms in total. The van der Waals surface area contributed by atoms with Crippen molar-refractivity contribution in [3.05, 3.63) is 59.1 Å². The Hall–Kier alpha value is -1.54. The van der Waals surface area contributed by atoms with Gasteiger partial charge in [0.25, 0.3) is 0 Å². The molecular weight excluding hydrogens is 367 g/mol. The lowest BCUT2D eigenvalue weighted by molar-refractivity contribution is 0.0564. The molecule has 1 unspecified atom stereocenters. The molecule has 3 rings (SSSR count). The van der Waals surface area contributed by atoms with Gasteiger partial charge in [0.15, 0.2) is 0 Å². The lowest BCUT2D eigenvalue weighted by Crippen LogP contribution is -2.36. The standard InChI is InChI=1S/C17H18ClFN2O3S/c18-15-10-14(3-4-16(15)19)25(22,23)21-17(12-5-8-24-9-6-12)13-2-1-7-20-11-13/h1-4,7,10-12,17,21H,5-6,8-9H2. The quantitative estimate of drug-likeness (QED) is 0.858. The van der Waals surface area contributed by atoms with E-state index in [2.05, 4.69) is 9.71 Å². The van der Waals surface area contributed by atoms with Crippen molar-refractivity contribution >= 4 is 21.6 Å². The van der Waals surface area contributed by atoms with Gasteiger partial charge in [0, 0.05) is 25.6 Å². The zero-order chi connectivity index (χ0) is 17.9. The first-order chi connectivity index (χ1) is 12.0. The smallest absolute Gasteiger partial charge is 0.241 e. The second kappa shape index (κ2) is 7.78.